The van der Waals surface area contributed by atoms with Gasteiger partial charge >= 0.3 is 0 Å². The zero-order valence-electron chi connectivity index (χ0n) is 9.78. The molecule has 1 aliphatic heterocycles. The minimum atomic E-state index is 0.296. The van der Waals surface area contributed by atoms with Crippen molar-refractivity contribution in [1.82, 2.24) is 4.98 Å². The molecule has 0 bridgehead atoms. The number of hydrogen-bond acceptors (Lipinski definition) is 4. The van der Waals surface area contributed by atoms with Crippen molar-refractivity contribution in [2.75, 3.05) is 13.2 Å². The summed E-state index contributed by atoms with van der Waals surface area (Å²) in [6, 6.07) is 0. The predicted octanol–water partition coefficient (Wildman–Crippen LogP) is 2.30. The molecule has 0 saturated carbocycles. The van der Waals surface area contributed by atoms with Gasteiger partial charge in [0.1, 0.15) is 10.8 Å². The highest BCUT2D eigenvalue weighted by Gasteiger charge is 2.19. The Balaban J connectivity index is 1.86. The Bertz CT molecular complexity index is 361. The number of aromatic nitrogens is 1. The number of hydrogen-bond donors (Lipinski definition) is 0. The van der Waals surface area contributed by atoms with Gasteiger partial charge < -0.3 is 4.74 Å². The maximum Gasteiger partial charge on any atom is 0.140 e. The lowest BCUT2D eigenvalue weighted by atomic mass is 10.0. The Morgan fingerprint density at radius 3 is 2.94 bits per heavy atom. The number of ketones is 1. The highest BCUT2D eigenvalue weighted by atomic mass is 32.1. The highest BCUT2D eigenvalue weighted by molar-refractivity contribution is 7.11. The van der Waals surface area contributed by atoms with E-state index in [1.807, 2.05) is 13.8 Å². The van der Waals surface area contributed by atoms with Gasteiger partial charge in [0.2, 0.25) is 0 Å². The minimum absolute atomic E-state index is 0.296. The lowest BCUT2D eigenvalue weighted by molar-refractivity contribution is -0.119. The Labute approximate surface area is 99.8 Å². The first kappa shape index (κ1) is 11.7. The van der Waals surface area contributed by atoms with E-state index in [4.69, 9.17) is 4.74 Å². The summed E-state index contributed by atoms with van der Waals surface area (Å²) in [4.78, 5) is 17.4. The minimum Gasteiger partial charge on any atom is -0.381 e. The molecule has 1 saturated heterocycles. The van der Waals surface area contributed by atoms with E-state index in [2.05, 4.69) is 4.98 Å². The molecule has 1 aliphatic rings. The van der Waals surface area contributed by atoms with Crippen LogP contribution in [0, 0.1) is 19.8 Å². The quantitative estimate of drug-likeness (QED) is 0.809. The van der Waals surface area contributed by atoms with E-state index >= 15 is 0 Å². The van der Waals surface area contributed by atoms with Crippen molar-refractivity contribution in [2.24, 2.45) is 5.92 Å². The van der Waals surface area contributed by atoms with Crippen molar-refractivity contribution in [3.05, 3.63) is 15.6 Å². The molecule has 0 amide bonds. The van der Waals surface area contributed by atoms with E-state index in [-0.39, 0.29) is 0 Å². The molecule has 2 heterocycles. The molecule has 1 aromatic rings. The van der Waals surface area contributed by atoms with E-state index in [1.54, 1.807) is 11.3 Å². The highest BCUT2D eigenvalue weighted by Crippen LogP contribution is 2.20. The monoisotopic (exact) mass is 239 g/mol. The van der Waals surface area contributed by atoms with Crippen LogP contribution in [0.3, 0.4) is 0 Å². The van der Waals surface area contributed by atoms with Gasteiger partial charge in [-0.05, 0) is 26.2 Å². The average molecular weight is 239 g/mol. The zero-order chi connectivity index (χ0) is 11.5. The van der Waals surface area contributed by atoms with Crippen molar-refractivity contribution in [2.45, 2.75) is 33.1 Å². The third-order valence-electron chi connectivity index (χ3n) is 2.96. The number of ether oxygens (including phenoxy) is 1. The third kappa shape index (κ3) is 2.89. The molecule has 1 unspecified atom stereocenters. The van der Waals surface area contributed by atoms with E-state index in [1.165, 1.54) is 4.88 Å². The summed E-state index contributed by atoms with van der Waals surface area (Å²) in [5.41, 5.74) is 1.05. The van der Waals surface area contributed by atoms with Gasteiger partial charge in [0.25, 0.3) is 0 Å². The van der Waals surface area contributed by atoms with Crippen molar-refractivity contribution >= 4 is 17.1 Å². The summed E-state index contributed by atoms with van der Waals surface area (Å²) >= 11 is 1.64. The lowest BCUT2D eigenvalue weighted by Crippen LogP contribution is -2.10. The molecule has 3 nitrogen and oxygen atoms in total. The first-order valence-corrected chi connectivity index (χ1v) is 6.49. The largest absolute Gasteiger partial charge is 0.381 e. The van der Waals surface area contributed by atoms with Gasteiger partial charge in [-0.3, -0.25) is 4.79 Å². The fourth-order valence-corrected chi connectivity index (χ4v) is 2.88. The standard InChI is InChI=1S/C12H17NO2S/c1-8-9(2)16-12(13-8)6-11(14)5-10-3-4-15-7-10/h10H,3-7H2,1-2H3. The number of aryl methyl sites for hydroxylation is 2. The molecule has 0 N–H and O–H groups in total. The molecule has 1 aromatic heterocycles. The molecule has 0 spiro atoms. The lowest BCUT2D eigenvalue weighted by Gasteiger charge is -2.04. The second kappa shape index (κ2) is 5.06. The van der Waals surface area contributed by atoms with Crippen LogP contribution in [0.1, 0.15) is 28.4 Å². The topological polar surface area (TPSA) is 39.2 Å². The molecule has 2 rings (SSSR count). The van der Waals surface area contributed by atoms with Gasteiger partial charge in [0, 0.05) is 24.5 Å². The van der Waals surface area contributed by atoms with Crippen LogP contribution in [0.5, 0.6) is 0 Å². The third-order valence-corrected chi connectivity index (χ3v) is 4.03. The van der Waals surface area contributed by atoms with Gasteiger partial charge in [0.15, 0.2) is 0 Å². The molecule has 1 atom stereocenters. The van der Waals surface area contributed by atoms with Gasteiger partial charge in [-0.2, -0.15) is 0 Å². The Hall–Kier alpha value is -0.740. The summed E-state index contributed by atoms with van der Waals surface area (Å²) < 4.78 is 5.27. The normalized spacial score (nSPS) is 20.2. The van der Waals surface area contributed by atoms with Crippen molar-refractivity contribution < 1.29 is 9.53 Å². The first-order valence-electron chi connectivity index (χ1n) is 5.67. The number of nitrogens with zero attached hydrogens (tertiary/aromatic N) is 1. The maximum absolute atomic E-state index is 11.8. The molecule has 16 heavy (non-hydrogen) atoms. The van der Waals surface area contributed by atoms with Gasteiger partial charge in [0.05, 0.1) is 12.1 Å². The average Bonchev–Trinajstić information content (AvgIpc) is 2.78. The summed E-state index contributed by atoms with van der Waals surface area (Å²) in [6.45, 7) is 5.60. The Morgan fingerprint density at radius 1 is 1.56 bits per heavy atom. The molecule has 1 fully saturated rings. The van der Waals surface area contributed by atoms with Crippen LogP contribution in [-0.2, 0) is 16.0 Å². The SMILES string of the molecule is Cc1nc(CC(=O)CC2CCOC2)sc1C. The zero-order valence-corrected chi connectivity index (χ0v) is 10.6. The number of thiazole rings is 1. The van der Waals surface area contributed by atoms with Gasteiger partial charge in [-0.25, -0.2) is 4.98 Å². The summed E-state index contributed by atoms with van der Waals surface area (Å²) in [5, 5.41) is 0.957. The van der Waals surface area contributed by atoms with Crippen LogP contribution in [0.25, 0.3) is 0 Å². The molecular formula is C12H17NO2S. The Kier molecular flexibility index (Phi) is 3.71. The fraction of sp³-hybridized carbons (Fsp3) is 0.667. The van der Waals surface area contributed by atoms with E-state index < -0.39 is 0 Å². The molecule has 0 radical (unpaired) electrons. The summed E-state index contributed by atoms with van der Waals surface area (Å²) in [5.74, 6) is 0.735. The fourth-order valence-electron chi connectivity index (χ4n) is 1.92. The number of carbonyl (C=O) groups is 1. The van der Waals surface area contributed by atoms with Crippen LogP contribution >= 0.6 is 11.3 Å². The van der Waals surface area contributed by atoms with Crippen LogP contribution in [0.15, 0.2) is 0 Å². The molecule has 0 aliphatic carbocycles. The van der Waals surface area contributed by atoms with E-state index in [0.717, 1.165) is 30.3 Å². The van der Waals surface area contributed by atoms with Crippen LogP contribution in [0.2, 0.25) is 0 Å². The summed E-state index contributed by atoms with van der Waals surface area (Å²) in [7, 11) is 0. The van der Waals surface area contributed by atoms with Crippen molar-refractivity contribution in [3.63, 3.8) is 0 Å². The smallest absolute Gasteiger partial charge is 0.140 e. The van der Waals surface area contributed by atoms with Crippen LogP contribution in [0.4, 0.5) is 0 Å². The van der Waals surface area contributed by atoms with Gasteiger partial charge in [-0.1, -0.05) is 0 Å². The molecule has 4 heteroatoms. The van der Waals surface area contributed by atoms with E-state index in [9.17, 15) is 4.79 Å². The number of rotatable bonds is 4. The maximum atomic E-state index is 11.8. The van der Waals surface area contributed by atoms with Crippen molar-refractivity contribution in [3.8, 4) is 0 Å². The number of carbonyl (C=O) groups excluding carboxylic acids is 1. The molecule has 88 valence electrons. The van der Waals surface area contributed by atoms with Crippen molar-refractivity contribution in [1.29, 1.82) is 0 Å². The Morgan fingerprint density at radius 2 is 2.38 bits per heavy atom. The molecule has 0 aromatic carbocycles. The predicted molar refractivity (Wildman–Crippen MR) is 63.8 cm³/mol. The van der Waals surface area contributed by atoms with Gasteiger partial charge in [-0.15, -0.1) is 11.3 Å². The number of Topliss-reactive ketones (excluding diaryl/α,β-unsaturated/α-hetero) is 1. The second-order valence-electron chi connectivity index (χ2n) is 4.40. The first-order chi connectivity index (χ1) is 7.65. The summed E-state index contributed by atoms with van der Waals surface area (Å²) in [6.07, 6.45) is 2.18. The van der Waals surface area contributed by atoms with E-state index in [0.29, 0.717) is 24.5 Å². The second-order valence-corrected chi connectivity index (χ2v) is 5.69. The molecular weight excluding hydrogens is 222 g/mol. The van der Waals surface area contributed by atoms with Crippen LogP contribution in [-0.4, -0.2) is 24.0 Å². The van der Waals surface area contributed by atoms with Crippen LogP contribution < -0.4 is 0 Å².